The van der Waals surface area contributed by atoms with Gasteiger partial charge in [0.05, 0.1) is 0 Å². The summed E-state index contributed by atoms with van der Waals surface area (Å²) in [5.41, 5.74) is 7.85. The molecular weight excluding hydrogens is 359 g/mol. The summed E-state index contributed by atoms with van der Waals surface area (Å²) < 4.78 is 18.5. The minimum Gasteiger partial charge on any atom is -0.460 e. The van der Waals surface area contributed by atoms with Crippen molar-refractivity contribution in [2.24, 2.45) is 10.7 Å². The number of hydrogen-bond donors (Lipinski definition) is 2. The predicted molar refractivity (Wildman–Crippen MR) is 107 cm³/mol. The molecule has 1 amide bonds. The first-order chi connectivity index (χ1) is 13.3. The average molecular weight is 384 g/mol. The molecule has 2 aromatic rings. The highest BCUT2D eigenvalue weighted by molar-refractivity contribution is 6.08. The lowest BCUT2D eigenvalue weighted by molar-refractivity contribution is -0.129. The maximum Gasteiger partial charge on any atom is 0.266 e. The topological polar surface area (TPSA) is 80.0 Å². The number of likely N-dealkylation sites (N-methyl/N-ethyl adjacent to an activating group) is 1. The lowest BCUT2D eigenvalue weighted by Crippen LogP contribution is -2.41. The minimum atomic E-state index is -1.43. The van der Waals surface area contributed by atoms with Gasteiger partial charge in [0.1, 0.15) is 5.75 Å². The van der Waals surface area contributed by atoms with Crippen molar-refractivity contribution < 1.29 is 13.9 Å². The minimum absolute atomic E-state index is 0.152. The van der Waals surface area contributed by atoms with Crippen molar-refractivity contribution in [3.63, 3.8) is 0 Å². The van der Waals surface area contributed by atoms with Crippen molar-refractivity contribution in [3.8, 4) is 5.75 Å². The molecule has 0 radical (unpaired) electrons. The number of ether oxygens (including phenoxy) is 1. The van der Waals surface area contributed by atoms with Gasteiger partial charge in [-0.15, -0.1) is 0 Å². The van der Waals surface area contributed by atoms with E-state index in [0.717, 1.165) is 11.1 Å². The number of carbonyl (C=O) groups is 1. The van der Waals surface area contributed by atoms with Crippen LogP contribution in [0.1, 0.15) is 29.2 Å². The van der Waals surface area contributed by atoms with Crippen molar-refractivity contribution in [1.29, 1.82) is 0 Å². The smallest absolute Gasteiger partial charge is 0.266 e. The zero-order chi connectivity index (χ0) is 20.5. The maximum absolute atomic E-state index is 13.3. The largest absolute Gasteiger partial charge is 0.460 e. The van der Waals surface area contributed by atoms with Crippen LogP contribution in [0.15, 0.2) is 47.5 Å². The van der Waals surface area contributed by atoms with Gasteiger partial charge in [0.2, 0.25) is 6.36 Å². The van der Waals surface area contributed by atoms with Crippen LogP contribution in [0.4, 0.5) is 4.39 Å². The summed E-state index contributed by atoms with van der Waals surface area (Å²) in [6.45, 7) is 3.79. The second-order valence-electron chi connectivity index (χ2n) is 6.92. The van der Waals surface area contributed by atoms with E-state index in [0.29, 0.717) is 23.4 Å². The van der Waals surface area contributed by atoms with E-state index in [9.17, 15) is 9.18 Å². The normalized spacial score (nSPS) is 20.2. The molecule has 2 atom stereocenters. The number of halogens is 1. The van der Waals surface area contributed by atoms with E-state index in [1.807, 2.05) is 38.2 Å². The molecule has 7 heteroatoms. The second kappa shape index (κ2) is 7.59. The number of benzene rings is 2. The van der Waals surface area contributed by atoms with Gasteiger partial charge < -0.3 is 15.8 Å². The molecule has 2 unspecified atom stereocenters. The van der Waals surface area contributed by atoms with Gasteiger partial charge in [-0.05, 0) is 48.4 Å². The first-order valence-electron chi connectivity index (χ1n) is 9.09. The van der Waals surface area contributed by atoms with E-state index < -0.39 is 11.9 Å². The van der Waals surface area contributed by atoms with Crippen molar-refractivity contribution in [1.82, 2.24) is 10.2 Å². The second-order valence-corrected chi connectivity index (χ2v) is 6.92. The third kappa shape index (κ3) is 3.33. The third-order valence-electron chi connectivity index (χ3n) is 4.85. The zero-order valence-corrected chi connectivity index (χ0v) is 16.5. The lowest BCUT2D eigenvalue weighted by Gasteiger charge is -2.27. The number of alkyl halides is 1. The Labute approximate surface area is 164 Å². The molecule has 28 heavy (non-hydrogen) atoms. The molecule has 0 aliphatic carbocycles. The molecule has 148 valence electrons. The number of hydrogen-bond acceptors (Lipinski definition) is 5. The quantitative estimate of drug-likeness (QED) is 0.802. The van der Waals surface area contributed by atoms with Crippen molar-refractivity contribution in [3.05, 3.63) is 64.7 Å². The number of rotatable bonds is 6. The summed E-state index contributed by atoms with van der Waals surface area (Å²) in [6, 6.07) is 12.9. The van der Waals surface area contributed by atoms with Crippen LogP contribution in [0.25, 0.3) is 0 Å². The highest BCUT2D eigenvalue weighted by Crippen LogP contribution is 2.41. The fourth-order valence-corrected chi connectivity index (χ4v) is 3.48. The number of nitrogens with zero attached hydrogens (tertiary/aromatic N) is 2. The summed E-state index contributed by atoms with van der Waals surface area (Å²) in [7, 11) is 3.47. The molecule has 0 spiro atoms. The molecule has 1 heterocycles. The monoisotopic (exact) mass is 384 g/mol. The Kier molecular flexibility index (Phi) is 5.38. The SMILES string of the molecule is CNCc1cccc(C2(c3ccc(OC(C)F)c(C)c3)N=C(N)N(C)C2=O)c1. The number of carbonyl (C=O) groups excluding carboxylic acids is 1. The first kappa shape index (κ1) is 19.8. The Morgan fingerprint density at radius 2 is 2.00 bits per heavy atom. The van der Waals surface area contributed by atoms with E-state index >= 15 is 0 Å². The Bertz CT molecular complexity index is 928. The Hall–Kier alpha value is -2.93. The van der Waals surface area contributed by atoms with Gasteiger partial charge >= 0.3 is 0 Å². The van der Waals surface area contributed by atoms with Crippen molar-refractivity contribution in [2.45, 2.75) is 32.3 Å². The lowest BCUT2D eigenvalue weighted by atomic mass is 9.81. The van der Waals surface area contributed by atoms with Crippen LogP contribution in [0.2, 0.25) is 0 Å². The molecule has 0 saturated carbocycles. The van der Waals surface area contributed by atoms with E-state index in [1.165, 1.54) is 11.8 Å². The van der Waals surface area contributed by atoms with E-state index in [2.05, 4.69) is 10.3 Å². The van der Waals surface area contributed by atoms with Gasteiger partial charge in [-0.25, -0.2) is 9.38 Å². The molecule has 0 aromatic heterocycles. The summed E-state index contributed by atoms with van der Waals surface area (Å²) in [5.74, 6) is 0.339. The van der Waals surface area contributed by atoms with Gasteiger partial charge in [0.15, 0.2) is 11.5 Å². The Morgan fingerprint density at radius 1 is 1.29 bits per heavy atom. The number of guanidine groups is 1. The van der Waals surface area contributed by atoms with Crippen LogP contribution in [0.3, 0.4) is 0 Å². The van der Waals surface area contributed by atoms with E-state index in [1.54, 1.807) is 25.2 Å². The molecule has 3 rings (SSSR count). The van der Waals surface area contributed by atoms with Gasteiger partial charge in [-0.1, -0.05) is 30.3 Å². The first-order valence-corrected chi connectivity index (χ1v) is 9.09. The fraction of sp³-hybridized carbons (Fsp3) is 0.333. The van der Waals surface area contributed by atoms with Crippen LogP contribution in [0, 0.1) is 6.92 Å². The van der Waals surface area contributed by atoms with Gasteiger partial charge in [-0.2, -0.15) is 0 Å². The molecule has 0 saturated heterocycles. The van der Waals surface area contributed by atoms with Crippen LogP contribution >= 0.6 is 0 Å². The van der Waals surface area contributed by atoms with Gasteiger partial charge in [0, 0.05) is 20.5 Å². The van der Waals surface area contributed by atoms with Gasteiger partial charge in [-0.3, -0.25) is 9.69 Å². The summed E-state index contributed by atoms with van der Waals surface area (Å²) in [4.78, 5) is 19.3. The van der Waals surface area contributed by atoms with E-state index in [-0.39, 0.29) is 11.9 Å². The highest BCUT2D eigenvalue weighted by atomic mass is 19.1. The molecule has 0 bridgehead atoms. The van der Waals surface area contributed by atoms with Crippen LogP contribution in [0.5, 0.6) is 5.75 Å². The predicted octanol–water partition coefficient (Wildman–Crippen LogP) is 2.44. The Morgan fingerprint density at radius 3 is 2.57 bits per heavy atom. The maximum atomic E-state index is 13.3. The summed E-state index contributed by atoms with van der Waals surface area (Å²) in [6.07, 6.45) is -1.43. The molecule has 0 fully saturated rings. The van der Waals surface area contributed by atoms with Crippen LogP contribution in [-0.2, 0) is 16.9 Å². The molecule has 2 aromatic carbocycles. The summed E-state index contributed by atoms with van der Waals surface area (Å²) in [5, 5.41) is 3.11. The number of aliphatic imine (C=N–C) groups is 1. The molecule has 1 aliphatic rings. The van der Waals surface area contributed by atoms with Crippen LogP contribution in [-0.4, -0.2) is 37.2 Å². The Balaban J connectivity index is 2.18. The number of nitrogens with one attached hydrogen (secondary N) is 1. The van der Waals surface area contributed by atoms with Crippen molar-refractivity contribution >= 4 is 11.9 Å². The molecule has 6 nitrogen and oxygen atoms in total. The zero-order valence-electron chi connectivity index (χ0n) is 16.5. The third-order valence-corrected chi connectivity index (χ3v) is 4.85. The number of amides is 1. The molecule has 3 N–H and O–H groups in total. The number of aryl methyl sites for hydroxylation is 1. The van der Waals surface area contributed by atoms with Gasteiger partial charge in [0.25, 0.3) is 5.91 Å². The fourth-order valence-electron chi connectivity index (χ4n) is 3.48. The molecular formula is C21H25FN4O2. The van der Waals surface area contributed by atoms with Crippen LogP contribution < -0.4 is 15.8 Å². The molecule has 1 aliphatic heterocycles. The standard InChI is InChI=1S/C21H25FN4O2/c1-13-10-17(8-9-18(13)28-14(2)22)21(19(27)26(4)20(23)25-21)16-7-5-6-15(11-16)12-24-3/h5-11,14,24H,12H2,1-4H3,(H2,23,25). The average Bonchev–Trinajstić information content (AvgIpc) is 2.88. The van der Waals surface area contributed by atoms with E-state index in [4.69, 9.17) is 10.5 Å². The summed E-state index contributed by atoms with van der Waals surface area (Å²) >= 11 is 0. The van der Waals surface area contributed by atoms with Crippen molar-refractivity contribution in [2.75, 3.05) is 14.1 Å². The number of nitrogens with two attached hydrogens (primary N) is 1. The highest BCUT2D eigenvalue weighted by Gasteiger charge is 2.49.